The van der Waals surface area contributed by atoms with E-state index in [-0.39, 0.29) is 11.2 Å². The van der Waals surface area contributed by atoms with Crippen LogP contribution in [0.1, 0.15) is 44.6 Å². The first kappa shape index (κ1) is 13.9. The molecule has 0 heterocycles. The van der Waals surface area contributed by atoms with E-state index in [2.05, 4.69) is 12.2 Å². The first-order chi connectivity index (χ1) is 9.65. The van der Waals surface area contributed by atoms with Gasteiger partial charge in [0.2, 0.25) is 0 Å². The zero-order chi connectivity index (χ0) is 14.2. The molecular weight excluding hydrogens is 253 g/mol. The van der Waals surface area contributed by atoms with E-state index in [4.69, 9.17) is 4.74 Å². The van der Waals surface area contributed by atoms with Crippen molar-refractivity contribution >= 4 is 5.69 Å². The monoisotopic (exact) mass is 277 g/mol. The number of halogens is 1. The van der Waals surface area contributed by atoms with Crippen molar-refractivity contribution in [2.45, 2.75) is 58.1 Å². The lowest BCUT2D eigenvalue weighted by molar-refractivity contribution is -0.114. The molecule has 2 saturated carbocycles. The predicted octanol–water partition coefficient (Wildman–Crippen LogP) is 4.28. The zero-order valence-corrected chi connectivity index (χ0v) is 12.4. The average molecular weight is 277 g/mol. The van der Waals surface area contributed by atoms with Crippen LogP contribution >= 0.6 is 0 Å². The van der Waals surface area contributed by atoms with Crippen molar-refractivity contribution in [3.05, 3.63) is 29.6 Å². The maximum Gasteiger partial charge on any atom is 0.146 e. The molecule has 0 bridgehead atoms. The fraction of sp³-hybridized carbons (Fsp3) is 0.647. The molecule has 0 aliphatic heterocycles. The van der Waals surface area contributed by atoms with Gasteiger partial charge in [-0.2, -0.15) is 0 Å². The van der Waals surface area contributed by atoms with Crippen molar-refractivity contribution in [1.82, 2.24) is 0 Å². The molecule has 0 radical (unpaired) electrons. The maximum atomic E-state index is 14.0. The van der Waals surface area contributed by atoms with E-state index in [1.165, 1.54) is 25.7 Å². The van der Waals surface area contributed by atoms with Crippen LogP contribution in [0.5, 0.6) is 0 Å². The second-order valence-electron chi connectivity index (χ2n) is 6.30. The van der Waals surface area contributed by atoms with E-state index in [9.17, 15) is 4.39 Å². The number of benzene rings is 1. The van der Waals surface area contributed by atoms with Crippen molar-refractivity contribution < 1.29 is 9.13 Å². The minimum absolute atomic E-state index is 0.141. The second kappa shape index (κ2) is 5.36. The molecule has 2 unspecified atom stereocenters. The van der Waals surface area contributed by atoms with Crippen molar-refractivity contribution in [2.24, 2.45) is 5.41 Å². The molecule has 3 heteroatoms. The molecule has 2 aliphatic rings. The molecule has 0 saturated heterocycles. The van der Waals surface area contributed by atoms with Crippen LogP contribution in [0.3, 0.4) is 0 Å². The number of rotatable bonds is 4. The topological polar surface area (TPSA) is 21.3 Å². The van der Waals surface area contributed by atoms with Gasteiger partial charge in [0.25, 0.3) is 0 Å². The fourth-order valence-electron chi connectivity index (χ4n) is 4.01. The first-order valence-corrected chi connectivity index (χ1v) is 7.80. The Kier molecular flexibility index (Phi) is 3.72. The molecule has 3 rings (SSSR count). The van der Waals surface area contributed by atoms with E-state index >= 15 is 0 Å². The number of hydrogen-bond donors (Lipinski definition) is 1. The molecule has 110 valence electrons. The van der Waals surface area contributed by atoms with Crippen LogP contribution in [-0.4, -0.2) is 18.8 Å². The summed E-state index contributed by atoms with van der Waals surface area (Å²) < 4.78 is 19.9. The predicted molar refractivity (Wildman–Crippen MR) is 79.5 cm³/mol. The van der Waals surface area contributed by atoms with Crippen LogP contribution < -0.4 is 5.32 Å². The number of aryl methyl sites for hydroxylation is 1. The van der Waals surface area contributed by atoms with E-state index in [0.29, 0.717) is 17.8 Å². The SMILES string of the molecule is CCOC1CC(Nc2ccc(C)cc2F)C12CCCC2. The molecule has 2 fully saturated rings. The smallest absolute Gasteiger partial charge is 0.146 e. The van der Waals surface area contributed by atoms with Gasteiger partial charge in [0, 0.05) is 18.1 Å². The molecule has 0 aromatic heterocycles. The molecular formula is C17H24FNO. The van der Waals surface area contributed by atoms with E-state index in [1.54, 1.807) is 6.07 Å². The van der Waals surface area contributed by atoms with Gasteiger partial charge in [-0.25, -0.2) is 4.39 Å². The van der Waals surface area contributed by atoms with E-state index < -0.39 is 0 Å². The van der Waals surface area contributed by atoms with Gasteiger partial charge < -0.3 is 10.1 Å². The Labute approximate surface area is 120 Å². The number of hydrogen-bond acceptors (Lipinski definition) is 2. The van der Waals surface area contributed by atoms with Crippen molar-refractivity contribution in [1.29, 1.82) is 0 Å². The highest BCUT2D eigenvalue weighted by Crippen LogP contribution is 2.55. The van der Waals surface area contributed by atoms with Gasteiger partial charge in [-0.3, -0.25) is 0 Å². The third-order valence-electron chi connectivity index (χ3n) is 5.14. The minimum Gasteiger partial charge on any atom is -0.379 e. The van der Waals surface area contributed by atoms with Gasteiger partial charge in [0.1, 0.15) is 5.82 Å². The number of ether oxygens (including phenoxy) is 1. The Morgan fingerprint density at radius 1 is 1.35 bits per heavy atom. The minimum atomic E-state index is -0.141. The van der Waals surface area contributed by atoms with Crippen molar-refractivity contribution in [2.75, 3.05) is 11.9 Å². The summed E-state index contributed by atoms with van der Waals surface area (Å²) in [7, 11) is 0. The summed E-state index contributed by atoms with van der Waals surface area (Å²) in [5, 5.41) is 3.44. The molecule has 20 heavy (non-hydrogen) atoms. The lowest BCUT2D eigenvalue weighted by Crippen LogP contribution is -2.60. The average Bonchev–Trinajstić information content (AvgIpc) is 2.92. The normalized spacial score (nSPS) is 27.6. The van der Waals surface area contributed by atoms with E-state index in [1.807, 2.05) is 19.1 Å². The first-order valence-electron chi connectivity index (χ1n) is 7.80. The van der Waals surface area contributed by atoms with Crippen LogP contribution in [0.2, 0.25) is 0 Å². The summed E-state index contributed by atoms with van der Waals surface area (Å²) in [4.78, 5) is 0. The Bertz CT molecular complexity index is 482. The van der Waals surface area contributed by atoms with Gasteiger partial charge in [0.05, 0.1) is 11.8 Å². The lowest BCUT2D eigenvalue weighted by atomic mass is 9.60. The van der Waals surface area contributed by atoms with Crippen LogP contribution in [0, 0.1) is 18.2 Å². The summed E-state index contributed by atoms with van der Waals surface area (Å²) >= 11 is 0. The molecule has 1 aromatic carbocycles. The van der Waals surface area contributed by atoms with Crippen LogP contribution in [0.4, 0.5) is 10.1 Å². The number of anilines is 1. The Morgan fingerprint density at radius 3 is 2.75 bits per heavy atom. The van der Waals surface area contributed by atoms with Gasteiger partial charge in [0.15, 0.2) is 0 Å². The summed E-state index contributed by atoms with van der Waals surface area (Å²) in [6.45, 7) is 4.75. The van der Waals surface area contributed by atoms with Gasteiger partial charge >= 0.3 is 0 Å². The molecule has 0 amide bonds. The summed E-state index contributed by atoms with van der Waals surface area (Å²) in [5.41, 5.74) is 1.85. The Balaban J connectivity index is 1.74. The van der Waals surface area contributed by atoms with Crippen molar-refractivity contribution in [3.8, 4) is 0 Å². The molecule has 1 aromatic rings. The highest BCUT2D eigenvalue weighted by Gasteiger charge is 2.56. The number of nitrogens with one attached hydrogen (secondary N) is 1. The fourth-order valence-corrected chi connectivity index (χ4v) is 4.01. The highest BCUT2D eigenvalue weighted by molar-refractivity contribution is 5.48. The highest BCUT2D eigenvalue weighted by atomic mass is 19.1. The summed E-state index contributed by atoms with van der Waals surface area (Å²) in [6.07, 6.45) is 6.34. The van der Waals surface area contributed by atoms with E-state index in [0.717, 1.165) is 18.6 Å². The lowest BCUT2D eigenvalue weighted by Gasteiger charge is -2.54. The van der Waals surface area contributed by atoms with Crippen LogP contribution in [0.25, 0.3) is 0 Å². The van der Waals surface area contributed by atoms with Crippen LogP contribution in [-0.2, 0) is 4.74 Å². The quantitative estimate of drug-likeness (QED) is 0.886. The maximum absolute atomic E-state index is 14.0. The second-order valence-corrected chi connectivity index (χ2v) is 6.30. The molecule has 2 nitrogen and oxygen atoms in total. The largest absolute Gasteiger partial charge is 0.379 e. The molecule has 2 aliphatic carbocycles. The van der Waals surface area contributed by atoms with Gasteiger partial charge in [-0.05, 0) is 50.8 Å². The third kappa shape index (κ3) is 2.22. The Hall–Kier alpha value is -1.09. The van der Waals surface area contributed by atoms with Crippen molar-refractivity contribution in [3.63, 3.8) is 0 Å². The summed E-state index contributed by atoms with van der Waals surface area (Å²) in [6, 6.07) is 5.79. The Morgan fingerprint density at radius 2 is 2.10 bits per heavy atom. The van der Waals surface area contributed by atoms with Gasteiger partial charge in [-0.15, -0.1) is 0 Å². The third-order valence-corrected chi connectivity index (χ3v) is 5.14. The summed E-state index contributed by atoms with van der Waals surface area (Å²) in [5.74, 6) is -0.141. The van der Waals surface area contributed by atoms with Gasteiger partial charge in [-0.1, -0.05) is 18.9 Å². The zero-order valence-electron chi connectivity index (χ0n) is 12.4. The van der Waals surface area contributed by atoms with Crippen LogP contribution in [0.15, 0.2) is 18.2 Å². The molecule has 2 atom stereocenters. The standard InChI is InChI=1S/C17H24FNO/c1-3-20-16-11-15(17(16)8-4-5-9-17)19-14-7-6-12(2)10-13(14)18/h6-7,10,15-16,19H,3-5,8-9,11H2,1-2H3. The molecule has 1 N–H and O–H groups in total. The molecule has 1 spiro atoms.